The molecule has 0 aliphatic rings. The van der Waals surface area contributed by atoms with Crippen molar-refractivity contribution in [3.05, 3.63) is 50.8 Å². The van der Waals surface area contributed by atoms with E-state index in [1.807, 2.05) is 19.9 Å². The maximum absolute atomic E-state index is 10.9. The summed E-state index contributed by atoms with van der Waals surface area (Å²) < 4.78 is 1.79. The summed E-state index contributed by atoms with van der Waals surface area (Å²) in [6.45, 7) is 4.26. The molecule has 0 aliphatic carbocycles. The van der Waals surface area contributed by atoms with E-state index in [0.29, 0.717) is 22.2 Å². The Morgan fingerprint density at radius 3 is 2.56 bits per heavy atom. The van der Waals surface area contributed by atoms with Crippen LogP contribution in [0.3, 0.4) is 0 Å². The van der Waals surface area contributed by atoms with Crippen molar-refractivity contribution in [2.45, 2.75) is 20.4 Å². The minimum Gasteiger partial charge on any atom is -0.298 e. The van der Waals surface area contributed by atoms with Gasteiger partial charge in [-0.2, -0.15) is 5.10 Å². The molecule has 0 amide bonds. The zero-order chi connectivity index (χ0) is 13.3. The molecule has 3 nitrogen and oxygen atoms in total. The summed E-state index contributed by atoms with van der Waals surface area (Å²) in [5.74, 6) is 0. The Labute approximate surface area is 115 Å². The summed E-state index contributed by atoms with van der Waals surface area (Å²) in [6, 6.07) is 5.46. The Bertz CT molecular complexity index is 605. The van der Waals surface area contributed by atoms with Crippen LogP contribution < -0.4 is 0 Å². The van der Waals surface area contributed by atoms with Crippen molar-refractivity contribution in [1.82, 2.24) is 9.78 Å². The molecule has 2 rings (SSSR count). The summed E-state index contributed by atoms with van der Waals surface area (Å²) in [6.07, 6.45) is 0.836. The first-order valence-corrected chi connectivity index (χ1v) is 6.21. The zero-order valence-corrected chi connectivity index (χ0v) is 11.6. The van der Waals surface area contributed by atoms with Crippen LogP contribution in [0.4, 0.5) is 0 Å². The molecule has 1 aromatic heterocycles. The van der Waals surface area contributed by atoms with E-state index < -0.39 is 0 Å². The van der Waals surface area contributed by atoms with Crippen LogP contribution in [0.25, 0.3) is 0 Å². The van der Waals surface area contributed by atoms with Crippen molar-refractivity contribution in [3.8, 4) is 0 Å². The molecule has 0 saturated carbocycles. The van der Waals surface area contributed by atoms with Gasteiger partial charge in [0.05, 0.1) is 27.8 Å². The number of hydrogen-bond acceptors (Lipinski definition) is 2. The largest absolute Gasteiger partial charge is 0.298 e. The highest BCUT2D eigenvalue weighted by Crippen LogP contribution is 2.23. The molecule has 0 saturated heterocycles. The highest BCUT2D eigenvalue weighted by atomic mass is 35.5. The summed E-state index contributed by atoms with van der Waals surface area (Å²) in [5.41, 5.74) is 3.23. The van der Waals surface area contributed by atoms with Crippen molar-refractivity contribution in [3.63, 3.8) is 0 Å². The lowest BCUT2D eigenvalue weighted by atomic mass is 10.2. The Balaban J connectivity index is 2.34. The van der Waals surface area contributed by atoms with Gasteiger partial charge in [0.2, 0.25) is 0 Å². The second-order valence-corrected chi connectivity index (χ2v) is 4.92. The normalized spacial score (nSPS) is 10.7. The predicted molar refractivity (Wildman–Crippen MR) is 72.7 cm³/mol. The molecule has 94 valence electrons. The lowest BCUT2D eigenvalue weighted by Gasteiger charge is -2.06. The fourth-order valence-electron chi connectivity index (χ4n) is 1.85. The van der Waals surface area contributed by atoms with E-state index in [-0.39, 0.29) is 0 Å². The first-order valence-electron chi connectivity index (χ1n) is 5.46. The van der Waals surface area contributed by atoms with Gasteiger partial charge in [-0.15, -0.1) is 0 Å². The van der Waals surface area contributed by atoms with Gasteiger partial charge >= 0.3 is 0 Å². The third-order valence-corrected chi connectivity index (χ3v) is 3.61. The molecule has 1 aromatic carbocycles. The number of hydrogen-bond donors (Lipinski definition) is 0. The van der Waals surface area contributed by atoms with Crippen molar-refractivity contribution in [2.24, 2.45) is 0 Å². The van der Waals surface area contributed by atoms with Crippen LogP contribution in [-0.4, -0.2) is 16.1 Å². The SMILES string of the molecule is Cc1nn(Cc2ccc(Cl)c(Cl)c2)c(C)c1C=O. The Kier molecular flexibility index (Phi) is 3.73. The molecule has 5 heteroatoms. The van der Waals surface area contributed by atoms with E-state index >= 15 is 0 Å². The van der Waals surface area contributed by atoms with Crippen LogP contribution in [0.5, 0.6) is 0 Å². The highest BCUT2D eigenvalue weighted by Gasteiger charge is 2.11. The third kappa shape index (κ3) is 2.42. The Morgan fingerprint density at radius 2 is 2.00 bits per heavy atom. The van der Waals surface area contributed by atoms with Crippen LogP contribution in [0.15, 0.2) is 18.2 Å². The van der Waals surface area contributed by atoms with E-state index in [1.165, 1.54) is 0 Å². The number of aromatic nitrogens is 2. The second kappa shape index (κ2) is 5.12. The van der Waals surface area contributed by atoms with Crippen molar-refractivity contribution in [2.75, 3.05) is 0 Å². The van der Waals surface area contributed by atoms with Gasteiger partial charge < -0.3 is 0 Å². The van der Waals surface area contributed by atoms with Crippen LogP contribution in [0.2, 0.25) is 10.0 Å². The molecule has 0 bridgehead atoms. The summed E-state index contributed by atoms with van der Waals surface area (Å²) in [5, 5.41) is 5.39. The fourth-order valence-corrected chi connectivity index (χ4v) is 2.17. The number of carbonyl (C=O) groups is 1. The molecule has 0 spiro atoms. The maximum atomic E-state index is 10.9. The lowest BCUT2D eigenvalue weighted by molar-refractivity contribution is 0.112. The minimum atomic E-state index is 0.520. The van der Waals surface area contributed by atoms with E-state index in [4.69, 9.17) is 23.2 Å². The molecule has 0 N–H and O–H groups in total. The van der Waals surface area contributed by atoms with Crippen LogP contribution >= 0.6 is 23.2 Å². The quantitative estimate of drug-likeness (QED) is 0.805. The van der Waals surface area contributed by atoms with Gasteiger partial charge in [0.25, 0.3) is 0 Å². The summed E-state index contributed by atoms with van der Waals surface area (Å²) >= 11 is 11.8. The smallest absolute Gasteiger partial charge is 0.153 e. The molecular formula is C13H12Cl2N2O. The van der Waals surface area contributed by atoms with Gasteiger partial charge in [0.1, 0.15) is 0 Å². The monoisotopic (exact) mass is 282 g/mol. The van der Waals surface area contributed by atoms with Crippen LogP contribution in [-0.2, 0) is 6.54 Å². The molecular weight excluding hydrogens is 271 g/mol. The first-order chi connectivity index (χ1) is 8.52. The van der Waals surface area contributed by atoms with Crippen molar-refractivity contribution < 1.29 is 4.79 Å². The summed E-state index contributed by atoms with van der Waals surface area (Å²) in [7, 11) is 0. The highest BCUT2D eigenvalue weighted by molar-refractivity contribution is 6.42. The third-order valence-electron chi connectivity index (χ3n) is 2.87. The van der Waals surface area contributed by atoms with E-state index in [2.05, 4.69) is 5.10 Å². The standard InChI is InChI=1S/C13H12Cl2N2O/c1-8-11(7-18)9(2)17(16-8)6-10-3-4-12(14)13(15)5-10/h3-5,7H,6H2,1-2H3. The lowest BCUT2D eigenvalue weighted by Crippen LogP contribution is -2.04. The van der Waals surface area contributed by atoms with Crippen molar-refractivity contribution >= 4 is 29.5 Å². The number of carbonyl (C=O) groups excluding carboxylic acids is 1. The summed E-state index contributed by atoms with van der Waals surface area (Å²) in [4.78, 5) is 10.9. The number of halogens is 2. The van der Waals surface area contributed by atoms with Crippen molar-refractivity contribution in [1.29, 1.82) is 0 Å². The molecule has 0 radical (unpaired) electrons. The number of aryl methyl sites for hydroxylation is 1. The van der Waals surface area contributed by atoms with E-state index in [9.17, 15) is 4.79 Å². The molecule has 0 aliphatic heterocycles. The molecule has 0 fully saturated rings. The van der Waals surface area contributed by atoms with Gasteiger partial charge in [0, 0.05) is 5.69 Å². The zero-order valence-electron chi connectivity index (χ0n) is 10.1. The number of benzene rings is 1. The second-order valence-electron chi connectivity index (χ2n) is 4.11. The van der Waals surface area contributed by atoms with Gasteiger partial charge in [-0.05, 0) is 31.5 Å². The Morgan fingerprint density at radius 1 is 1.28 bits per heavy atom. The van der Waals surface area contributed by atoms with Gasteiger partial charge in [-0.25, -0.2) is 0 Å². The van der Waals surface area contributed by atoms with E-state index in [1.54, 1.807) is 16.8 Å². The average molecular weight is 283 g/mol. The van der Waals surface area contributed by atoms with Crippen LogP contribution in [0.1, 0.15) is 27.3 Å². The number of rotatable bonds is 3. The molecule has 18 heavy (non-hydrogen) atoms. The molecule has 1 heterocycles. The van der Waals surface area contributed by atoms with Gasteiger partial charge in [-0.3, -0.25) is 9.48 Å². The molecule has 0 atom stereocenters. The topological polar surface area (TPSA) is 34.9 Å². The molecule has 2 aromatic rings. The predicted octanol–water partition coefficient (Wildman–Crippen LogP) is 3.67. The average Bonchev–Trinajstić information content (AvgIpc) is 2.59. The minimum absolute atomic E-state index is 0.520. The number of aldehydes is 1. The van der Waals surface area contributed by atoms with Gasteiger partial charge in [0.15, 0.2) is 6.29 Å². The first kappa shape index (κ1) is 13.1. The maximum Gasteiger partial charge on any atom is 0.153 e. The fraction of sp³-hybridized carbons (Fsp3) is 0.231. The van der Waals surface area contributed by atoms with Gasteiger partial charge in [-0.1, -0.05) is 29.3 Å². The Hall–Kier alpha value is -1.32. The number of nitrogens with zero attached hydrogens (tertiary/aromatic N) is 2. The van der Waals surface area contributed by atoms with Crippen LogP contribution in [0, 0.1) is 13.8 Å². The van der Waals surface area contributed by atoms with E-state index in [0.717, 1.165) is 23.2 Å². The molecule has 0 unspecified atom stereocenters.